The molecule has 0 aromatic rings. The lowest BCUT2D eigenvalue weighted by Crippen LogP contribution is -2.60. The van der Waals surface area contributed by atoms with Gasteiger partial charge in [0.1, 0.15) is 0 Å². The van der Waals surface area contributed by atoms with Crippen molar-refractivity contribution >= 4 is 0 Å². The van der Waals surface area contributed by atoms with E-state index < -0.39 is 0 Å². The molecule has 0 radical (unpaired) electrons. The Morgan fingerprint density at radius 1 is 1.27 bits per heavy atom. The Morgan fingerprint density at radius 2 is 2.00 bits per heavy atom. The Bertz CT molecular complexity index is 490. The largest absolute Gasteiger partial charge is 0.659 e. The van der Waals surface area contributed by atoms with Gasteiger partial charge in [0, 0.05) is 0 Å². The van der Waals surface area contributed by atoms with E-state index in [2.05, 4.69) is 47.4 Å². The molecule has 2 saturated carbocycles. The molecular weight excluding hydrogens is 266 g/mol. The van der Waals surface area contributed by atoms with Crippen molar-refractivity contribution in [2.24, 2.45) is 29.1 Å². The molecule has 0 aliphatic heterocycles. The van der Waals surface area contributed by atoms with E-state index in [1.807, 2.05) is 0 Å². The molecule has 0 aromatic carbocycles. The highest BCUT2D eigenvalue weighted by atomic mass is 15.0. The predicted octanol–water partition coefficient (Wildman–Crippen LogP) is 6.12. The summed E-state index contributed by atoms with van der Waals surface area (Å²) in [7, 11) is 2.06. The molecule has 1 spiro atoms. The van der Waals surface area contributed by atoms with E-state index >= 15 is 0 Å². The maximum absolute atomic E-state index is 4.93. The molecule has 0 bridgehead atoms. The Labute approximate surface area is 137 Å². The van der Waals surface area contributed by atoms with Gasteiger partial charge in [-0.2, -0.15) is 7.05 Å². The molecule has 3 aliphatic carbocycles. The highest BCUT2D eigenvalue weighted by Crippen LogP contribution is 2.66. The van der Waals surface area contributed by atoms with Crippen molar-refractivity contribution in [2.45, 2.75) is 71.8 Å². The van der Waals surface area contributed by atoms with Crippen LogP contribution in [0, 0.1) is 29.1 Å². The monoisotopic (exact) mass is 300 g/mol. The predicted molar refractivity (Wildman–Crippen MR) is 96.0 cm³/mol. The second kappa shape index (κ2) is 5.51. The lowest BCUT2D eigenvalue weighted by atomic mass is 9.41. The standard InChI is InChI=1S/C21H34N/c1-14(2)17-9-8-16(4)18-11-12-20(5,22-6)19-10-7-15(3)13-21(17,18)19/h13,16-19H,1,7-12H2,2-6H3/q-1/t16-,17+,18+,19-,20-,21-/m0/s1. The maximum atomic E-state index is 4.93. The molecule has 0 unspecified atom stereocenters. The minimum absolute atomic E-state index is 0.165. The van der Waals surface area contributed by atoms with Crippen LogP contribution in [0.25, 0.3) is 5.32 Å². The maximum Gasteiger partial charge on any atom is -0.000282 e. The normalized spacial score (nSPS) is 48.1. The van der Waals surface area contributed by atoms with Crippen LogP contribution in [-0.2, 0) is 0 Å². The summed E-state index contributed by atoms with van der Waals surface area (Å²) < 4.78 is 0. The Balaban J connectivity index is 2.17. The second-order valence-corrected chi connectivity index (χ2v) is 8.76. The summed E-state index contributed by atoms with van der Waals surface area (Å²) in [6, 6.07) is 0. The summed E-state index contributed by atoms with van der Waals surface area (Å²) in [6.07, 6.45) is 10.6. The van der Waals surface area contributed by atoms with Crippen molar-refractivity contribution < 1.29 is 0 Å². The van der Waals surface area contributed by atoms with Gasteiger partial charge in [-0.25, -0.2) is 0 Å². The summed E-state index contributed by atoms with van der Waals surface area (Å²) in [5.41, 5.74) is 3.52. The highest BCUT2D eigenvalue weighted by Gasteiger charge is 2.58. The molecule has 1 nitrogen and oxygen atoms in total. The third-order valence-corrected chi connectivity index (χ3v) is 7.59. The summed E-state index contributed by atoms with van der Waals surface area (Å²) in [6.45, 7) is 14.0. The molecular formula is C21H34N-. The van der Waals surface area contributed by atoms with Crippen molar-refractivity contribution in [1.82, 2.24) is 0 Å². The molecule has 0 saturated heterocycles. The van der Waals surface area contributed by atoms with E-state index in [1.54, 1.807) is 5.57 Å². The van der Waals surface area contributed by atoms with Gasteiger partial charge in [0.05, 0.1) is 0 Å². The van der Waals surface area contributed by atoms with Gasteiger partial charge in [-0.1, -0.05) is 50.5 Å². The summed E-state index contributed by atoms with van der Waals surface area (Å²) >= 11 is 0. The first-order valence-corrected chi connectivity index (χ1v) is 9.30. The minimum Gasteiger partial charge on any atom is -0.659 e. The van der Waals surface area contributed by atoms with Gasteiger partial charge >= 0.3 is 0 Å². The van der Waals surface area contributed by atoms with Crippen LogP contribution in [0.4, 0.5) is 0 Å². The fraction of sp³-hybridized carbons (Fsp3) is 0.810. The van der Waals surface area contributed by atoms with E-state index in [0.29, 0.717) is 17.3 Å². The third-order valence-electron chi connectivity index (χ3n) is 7.59. The van der Waals surface area contributed by atoms with Crippen LogP contribution in [0.15, 0.2) is 23.8 Å². The average Bonchev–Trinajstić information content (AvgIpc) is 2.46. The Morgan fingerprint density at radius 3 is 2.64 bits per heavy atom. The first-order valence-electron chi connectivity index (χ1n) is 9.30. The van der Waals surface area contributed by atoms with Gasteiger partial charge in [0.15, 0.2) is 0 Å². The van der Waals surface area contributed by atoms with Gasteiger partial charge in [0.2, 0.25) is 0 Å². The zero-order valence-corrected chi connectivity index (χ0v) is 15.3. The smallest absolute Gasteiger partial charge is 0.000282 e. The van der Waals surface area contributed by atoms with E-state index in [-0.39, 0.29) is 5.54 Å². The lowest BCUT2D eigenvalue weighted by molar-refractivity contribution is -0.0750. The zero-order valence-electron chi connectivity index (χ0n) is 15.3. The van der Waals surface area contributed by atoms with Crippen molar-refractivity contribution in [3.63, 3.8) is 0 Å². The molecule has 3 rings (SSSR count). The number of hydrogen-bond donors (Lipinski definition) is 0. The van der Waals surface area contributed by atoms with E-state index in [9.17, 15) is 0 Å². The molecule has 124 valence electrons. The van der Waals surface area contributed by atoms with Gasteiger partial charge < -0.3 is 5.32 Å². The molecule has 0 amide bonds. The van der Waals surface area contributed by atoms with Gasteiger partial charge in [-0.05, 0) is 68.6 Å². The van der Waals surface area contributed by atoms with Crippen LogP contribution < -0.4 is 0 Å². The van der Waals surface area contributed by atoms with Crippen molar-refractivity contribution in [1.29, 1.82) is 0 Å². The third kappa shape index (κ3) is 2.15. The Kier molecular flexibility index (Phi) is 4.08. The molecule has 0 heterocycles. The van der Waals surface area contributed by atoms with Crippen LogP contribution in [0.1, 0.15) is 66.2 Å². The molecule has 3 aliphatic rings. The second-order valence-electron chi connectivity index (χ2n) is 8.76. The highest BCUT2D eigenvalue weighted by molar-refractivity contribution is 5.30. The molecule has 0 N–H and O–H groups in total. The molecule has 6 atom stereocenters. The Hall–Kier alpha value is -0.560. The van der Waals surface area contributed by atoms with Crippen molar-refractivity contribution in [3.05, 3.63) is 29.1 Å². The fourth-order valence-electron chi connectivity index (χ4n) is 6.51. The SMILES string of the molecule is C=C(C)[C@H]1CC[C@H](C)[C@H]2CC[C@](C)([N-]C)[C@@H]3CCC(C)=C[C@]123. The van der Waals surface area contributed by atoms with Gasteiger partial charge in [0.25, 0.3) is 0 Å². The van der Waals surface area contributed by atoms with Gasteiger partial charge in [-0.3, -0.25) is 0 Å². The summed E-state index contributed by atoms with van der Waals surface area (Å²) in [5.74, 6) is 3.05. The summed E-state index contributed by atoms with van der Waals surface area (Å²) in [5, 5.41) is 4.93. The van der Waals surface area contributed by atoms with Crippen molar-refractivity contribution in [2.75, 3.05) is 7.05 Å². The number of rotatable bonds is 2. The zero-order chi connectivity index (χ0) is 16.1. The van der Waals surface area contributed by atoms with Crippen LogP contribution >= 0.6 is 0 Å². The van der Waals surface area contributed by atoms with E-state index in [0.717, 1.165) is 11.8 Å². The van der Waals surface area contributed by atoms with Crippen LogP contribution in [0.3, 0.4) is 0 Å². The fourth-order valence-corrected chi connectivity index (χ4v) is 6.51. The first kappa shape index (κ1) is 16.3. The number of nitrogens with zero attached hydrogens (tertiary/aromatic N) is 1. The first-order chi connectivity index (χ1) is 10.3. The topological polar surface area (TPSA) is 14.1 Å². The summed E-state index contributed by atoms with van der Waals surface area (Å²) in [4.78, 5) is 0. The van der Waals surface area contributed by atoms with E-state index in [4.69, 9.17) is 5.32 Å². The molecule has 1 heteroatoms. The van der Waals surface area contributed by atoms with Crippen molar-refractivity contribution in [3.8, 4) is 0 Å². The number of hydrogen-bond acceptors (Lipinski definition) is 0. The van der Waals surface area contributed by atoms with Gasteiger partial charge in [-0.15, -0.1) is 5.54 Å². The van der Waals surface area contributed by atoms with E-state index in [1.165, 1.54) is 44.1 Å². The number of allylic oxidation sites excluding steroid dienone is 3. The molecule has 22 heavy (non-hydrogen) atoms. The lowest BCUT2D eigenvalue weighted by Gasteiger charge is -2.68. The van der Waals surface area contributed by atoms with Crippen LogP contribution in [-0.4, -0.2) is 12.6 Å². The van der Waals surface area contributed by atoms with Crippen LogP contribution in [0.5, 0.6) is 0 Å². The van der Waals surface area contributed by atoms with Crippen LogP contribution in [0.2, 0.25) is 0 Å². The quantitative estimate of drug-likeness (QED) is 0.545. The molecule has 0 aromatic heterocycles. The molecule has 2 fully saturated rings. The average molecular weight is 301 g/mol. The minimum atomic E-state index is 0.165.